The highest BCUT2D eigenvalue weighted by Gasteiger charge is 2.41. The molecule has 1 aliphatic rings. The number of rotatable bonds is 7. The molecule has 1 heterocycles. The summed E-state index contributed by atoms with van der Waals surface area (Å²) in [7, 11) is -15.9. The molecule has 1 saturated heterocycles. The Bertz CT molecular complexity index is 508. The van der Waals surface area contributed by atoms with Crippen molar-refractivity contribution in [1.82, 2.24) is 0 Å². The van der Waals surface area contributed by atoms with Crippen LogP contribution in [0.1, 0.15) is 12.8 Å². The van der Waals surface area contributed by atoms with Crippen LogP contribution in [0, 0.1) is 0 Å². The third kappa shape index (κ3) is 7.10. The summed E-state index contributed by atoms with van der Waals surface area (Å²) in [5.41, 5.74) is 0. The van der Waals surface area contributed by atoms with Crippen molar-refractivity contribution in [2.75, 3.05) is 6.61 Å². The molecule has 0 radical (unpaired) electrons. The fourth-order valence-electron chi connectivity index (χ4n) is 1.27. The van der Waals surface area contributed by atoms with E-state index >= 15 is 0 Å². The van der Waals surface area contributed by atoms with Crippen molar-refractivity contribution in [2.24, 2.45) is 0 Å². The van der Waals surface area contributed by atoms with Crippen LogP contribution in [0.3, 0.4) is 0 Å². The van der Waals surface area contributed by atoms with Crippen LogP contribution in [0.5, 0.6) is 0 Å². The van der Waals surface area contributed by atoms with Crippen molar-refractivity contribution in [3.63, 3.8) is 0 Å². The number of phosphoric acid groups is 3. The first-order valence-electron chi connectivity index (χ1n) is 5.01. The van der Waals surface area contributed by atoms with Gasteiger partial charge in [-0.05, 0) is 6.42 Å². The molecule has 1 aliphatic heterocycles. The molecule has 0 aliphatic carbocycles. The molecule has 0 aromatic heterocycles. The van der Waals surface area contributed by atoms with Crippen molar-refractivity contribution in [3.05, 3.63) is 12.3 Å². The summed E-state index contributed by atoms with van der Waals surface area (Å²) in [5, 5.41) is 0. The lowest BCUT2D eigenvalue weighted by atomic mass is 10.2. The predicted octanol–water partition coefficient (Wildman–Crippen LogP) is 1.02. The van der Waals surface area contributed by atoms with Gasteiger partial charge in [0.2, 0.25) is 0 Å². The predicted molar refractivity (Wildman–Crippen MR) is 63.1 cm³/mol. The maximum atomic E-state index is 11.3. The normalized spacial score (nSPS) is 25.8. The Morgan fingerprint density at radius 3 is 2.20 bits per heavy atom. The molecule has 1 fully saturated rings. The van der Waals surface area contributed by atoms with Gasteiger partial charge in [-0.25, -0.2) is 13.7 Å². The van der Waals surface area contributed by atoms with E-state index in [0.717, 1.165) is 0 Å². The molecular weight excluding hydrogens is 341 g/mol. The summed E-state index contributed by atoms with van der Waals surface area (Å²) in [6.45, 7) is 3.08. The zero-order valence-electron chi connectivity index (χ0n) is 9.89. The third-order valence-electron chi connectivity index (χ3n) is 1.92. The van der Waals surface area contributed by atoms with Crippen molar-refractivity contribution in [1.29, 1.82) is 0 Å². The number of phosphoric ester groups is 1. The molecule has 2 unspecified atom stereocenters. The molecule has 14 heteroatoms. The molecule has 3 atom stereocenters. The summed E-state index contributed by atoms with van der Waals surface area (Å²) >= 11 is 0. The summed E-state index contributed by atoms with van der Waals surface area (Å²) in [4.78, 5) is 34.7. The van der Waals surface area contributed by atoms with Crippen LogP contribution in [-0.4, -0.2) is 32.3 Å². The van der Waals surface area contributed by atoms with E-state index in [4.69, 9.17) is 24.3 Å². The summed E-state index contributed by atoms with van der Waals surface area (Å²) in [6.07, 6.45) is 0.423. The Hall–Kier alpha value is -0.0500. The SMILES string of the molecule is C=C1CC[C@@H](COP(=O)(O)OP(=O)(O)OP(=O)(O)O)O1. The zero-order valence-corrected chi connectivity index (χ0v) is 12.6. The largest absolute Gasteiger partial charge is 0.493 e. The minimum Gasteiger partial charge on any atom is -0.493 e. The van der Waals surface area contributed by atoms with E-state index in [0.29, 0.717) is 18.6 Å². The van der Waals surface area contributed by atoms with Gasteiger partial charge in [0.15, 0.2) is 0 Å². The highest BCUT2D eigenvalue weighted by atomic mass is 31.3. The van der Waals surface area contributed by atoms with Gasteiger partial charge >= 0.3 is 23.5 Å². The lowest BCUT2D eigenvalue weighted by molar-refractivity contribution is 0.0814. The fourth-order valence-corrected chi connectivity index (χ4v) is 4.32. The topological polar surface area (TPSA) is 169 Å². The molecular formula is C6H13O11P3. The Morgan fingerprint density at radius 1 is 1.15 bits per heavy atom. The summed E-state index contributed by atoms with van der Waals surface area (Å²) in [6, 6.07) is 0. The van der Waals surface area contributed by atoms with E-state index in [2.05, 4.69) is 19.7 Å². The van der Waals surface area contributed by atoms with E-state index in [-0.39, 0.29) is 0 Å². The molecule has 0 bridgehead atoms. The van der Waals surface area contributed by atoms with Gasteiger partial charge in [-0.2, -0.15) is 8.62 Å². The van der Waals surface area contributed by atoms with Gasteiger partial charge in [0.1, 0.15) is 6.10 Å². The standard InChI is InChI=1S/C6H13O11P3/c1-5-2-3-6(15-5)4-14-19(10,11)17-20(12,13)16-18(7,8)9/h6H,1-4H2,(H,10,11)(H,12,13)(H2,7,8,9)/t6-/m0/s1. The molecule has 118 valence electrons. The van der Waals surface area contributed by atoms with Crippen molar-refractivity contribution < 1.29 is 51.2 Å². The molecule has 0 aromatic rings. The Kier molecular flexibility index (Phi) is 5.74. The maximum absolute atomic E-state index is 11.3. The van der Waals surface area contributed by atoms with E-state index in [1.54, 1.807) is 0 Å². The lowest BCUT2D eigenvalue weighted by Crippen LogP contribution is -2.13. The fraction of sp³-hybridized carbons (Fsp3) is 0.667. The van der Waals surface area contributed by atoms with Gasteiger partial charge < -0.3 is 24.3 Å². The summed E-state index contributed by atoms with van der Waals surface area (Å²) in [5.74, 6) is 0.463. The molecule has 0 aromatic carbocycles. The number of allylic oxidation sites excluding steroid dienone is 1. The van der Waals surface area contributed by atoms with E-state index in [9.17, 15) is 13.7 Å². The lowest BCUT2D eigenvalue weighted by Gasteiger charge is -2.17. The van der Waals surface area contributed by atoms with Crippen LogP contribution < -0.4 is 0 Å². The molecule has 4 N–H and O–H groups in total. The van der Waals surface area contributed by atoms with Crippen LogP contribution in [0.2, 0.25) is 0 Å². The van der Waals surface area contributed by atoms with Gasteiger partial charge in [-0.15, -0.1) is 0 Å². The van der Waals surface area contributed by atoms with Gasteiger partial charge in [-0.3, -0.25) is 4.52 Å². The first-order chi connectivity index (χ1) is 8.89. The molecule has 0 amide bonds. The van der Waals surface area contributed by atoms with Crippen molar-refractivity contribution >= 4 is 23.5 Å². The van der Waals surface area contributed by atoms with E-state index in [1.807, 2.05) is 0 Å². The second-order valence-corrected chi connectivity index (χ2v) is 8.12. The first-order valence-corrected chi connectivity index (χ1v) is 9.53. The van der Waals surface area contributed by atoms with Crippen molar-refractivity contribution in [3.8, 4) is 0 Å². The van der Waals surface area contributed by atoms with Crippen LogP contribution in [-0.2, 0) is 31.6 Å². The van der Waals surface area contributed by atoms with Gasteiger partial charge in [-0.1, -0.05) is 6.58 Å². The van der Waals surface area contributed by atoms with Crippen LogP contribution in [0.25, 0.3) is 0 Å². The van der Waals surface area contributed by atoms with Crippen LogP contribution in [0.4, 0.5) is 0 Å². The van der Waals surface area contributed by atoms with Gasteiger partial charge in [0.05, 0.1) is 12.4 Å². The molecule has 11 nitrogen and oxygen atoms in total. The first kappa shape index (κ1) is 18.0. The quantitative estimate of drug-likeness (QED) is 0.481. The number of ether oxygens (including phenoxy) is 1. The minimum atomic E-state index is -5.47. The van der Waals surface area contributed by atoms with E-state index < -0.39 is 36.2 Å². The maximum Gasteiger partial charge on any atom is 0.490 e. The smallest absolute Gasteiger partial charge is 0.490 e. The second kappa shape index (κ2) is 6.37. The average molecular weight is 354 g/mol. The van der Waals surface area contributed by atoms with Crippen LogP contribution >= 0.6 is 23.5 Å². The highest BCUT2D eigenvalue weighted by molar-refractivity contribution is 7.66. The molecule has 0 spiro atoms. The van der Waals surface area contributed by atoms with Gasteiger partial charge in [0.25, 0.3) is 0 Å². The number of hydrogen-bond donors (Lipinski definition) is 4. The third-order valence-corrected chi connectivity index (χ3v) is 5.72. The Balaban J connectivity index is 2.52. The zero-order chi connectivity index (χ0) is 15.6. The minimum absolute atomic E-state index is 0.442. The van der Waals surface area contributed by atoms with E-state index in [1.165, 1.54) is 0 Å². The van der Waals surface area contributed by atoms with Crippen LogP contribution in [0.15, 0.2) is 12.3 Å². The Morgan fingerprint density at radius 2 is 1.75 bits per heavy atom. The number of hydrogen-bond acceptors (Lipinski definition) is 7. The second-order valence-electron chi connectivity index (χ2n) is 3.70. The monoisotopic (exact) mass is 354 g/mol. The van der Waals surface area contributed by atoms with Crippen molar-refractivity contribution in [2.45, 2.75) is 18.9 Å². The average Bonchev–Trinajstić information content (AvgIpc) is 2.55. The molecule has 20 heavy (non-hydrogen) atoms. The van der Waals surface area contributed by atoms with Gasteiger partial charge in [0, 0.05) is 6.42 Å². The molecule has 0 saturated carbocycles. The summed E-state index contributed by atoms with van der Waals surface area (Å²) < 4.78 is 49.2. The Labute approximate surface area is 113 Å². The highest BCUT2D eigenvalue weighted by Crippen LogP contribution is 2.66. The molecule has 1 rings (SSSR count).